The van der Waals surface area contributed by atoms with Gasteiger partial charge in [0.05, 0.1) is 0 Å². The van der Waals surface area contributed by atoms with Gasteiger partial charge in [-0.25, -0.2) is 9.59 Å². The van der Waals surface area contributed by atoms with Gasteiger partial charge < -0.3 is 30.5 Å². The zero-order valence-electron chi connectivity index (χ0n) is 20.1. The number of hydrogen-bond donors (Lipinski definition) is 4. The first-order chi connectivity index (χ1) is 15.2. The Hall–Kier alpha value is -2.85. The molecule has 0 bridgehead atoms. The molecule has 0 aromatic rings. The van der Waals surface area contributed by atoms with Gasteiger partial charge in [0.15, 0.2) is 0 Å². The van der Waals surface area contributed by atoms with Crippen LogP contribution < -0.4 is 10.6 Å². The van der Waals surface area contributed by atoms with E-state index in [0.29, 0.717) is 19.3 Å². The Morgan fingerprint density at radius 3 is 2.09 bits per heavy atom. The number of ether oxygens (including phenoxy) is 1. The number of piperidine rings is 1. The van der Waals surface area contributed by atoms with Gasteiger partial charge in [0.25, 0.3) is 0 Å². The summed E-state index contributed by atoms with van der Waals surface area (Å²) in [4.78, 5) is 61.4. The highest BCUT2D eigenvalue weighted by atomic mass is 16.6. The Kier molecular flexibility index (Phi) is 10.6. The molecule has 1 aliphatic heterocycles. The average molecular weight is 472 g/mol. The molecular formula is C22H37N3O8. The van der Waals surface area contributed by atoms with Crippen LogP contribution in [0.15, 0.2) is 0 Å². The molecule has 3 amide bonds. The van der Waals surface area contributed by atoms with Gasteiger partial charge in [0.1, 0.15) is 17.7 Å². The summed E-state index contributed by atoms with van der Waals surface area (Å²) in [5.74, 6) is -3.76. The minimum Gasteiger partial charge on any atom is -0.481 e. The van der Waals surface area contributed by atoms with E-state index in [4.69, 9.17) is 9.84 Å². The Balaban J connectivity index is 2.71. The lowest BCUT2D eigenvalue weighted by atomic mass is 9.93. The number of hydrogen-bond acceptors (Lipinski definition) is 6. The third kappa shape index (κ3) is 9.67. The highest BCUT2D eigenvalue weighted by Gasteiger charge is 2.35. The van der Waals surface area contributed by atoms with Gasteiger partial charge in [-0.3, -0.25) is 14.4 Å². The summed E-state index contributed by atoms with van der Waals surface area (Å²) in [7, 11) is 0. The highest BCUT2D eigenvalue weighted by Crippen LogP contribution is 2.21. The second-order valence-electron chi connectivity index (χ2n) is 9.44. The highest BCUT2D eigenvalue weighted by molar-refractivity contribution is 5.87. The minimum atomic E-state index is -1.29. The van der Waals surface area contributed by atoms with Crippen molar-refractivity contribution in [1.29, 1.82) is 0 Å². The average Bonchev–Trinajstić information content (AvgIpc) is 2.72. The topological polar surface area (TPSA) is 162 Å². The second kappa shape index (κ2) is 12.4. The number of amides is 3. The third-order valence-electron chi connectivity index (χ3n) is 5.59. The Bertz CT molecular complexity index is 726. The van der Waals surface area contributed by atoms with Crippen LogP contribution in [-0.4, -0.2) is 75.7 Å². The molecule has 0 radical (unpaired) electrons. The van der Waals surface area contributed by atoms with Gasteiger partial charge in [0, 0.05) is 25.4 Å². The number of alkyl carbamates (subject to hydrolysis) is 1. The van der Waals surface area contributed by atoms with Crippen molar-refractivity contribution in [3.63, 3.8) is 0 Å². The van der Waals surface area contributed by atoms with Crippen molar-refractivity contribution in [3.8, 4) is 0 Å². The molecule has 1 unspecified atom stereocenters. The molecule has 0 aliphatic carbocycles. The number of carboxylic acid groups (broad SMARTS) is 2. The number of carbonyl (C=O) groups excluding carboxylic acids is 3. The maximum Gasteiger partial charge on any atom is 0.408 e. The predicted octanol–water partition coefficient (Wildman–Crippen LogP) is 1.60. The van der Waals surface area contributed by atoms with Crippen molar-refractivity contribution in [2.24, 2.45) is 11.8 Å². The van der Waals surface area contributed by atoms with Crippen LogP contribution in [0.4, 0.5) is 4.79 Å². The largest absolute Gasteiger partial charge is 0.481 e. The molecule has 0 aromatic heterocycles. The molecule has 1 fully saturated rings. The summed E-state index contributed by atoms with van der Waals surface area (Å²) >= 11 is 0. The fourth-order valence-corrected chi connectivity index (χ4v) is 3.49. The SMILES string of the molecule is CCC(C)[C@H](NC(=O)OC(C)(C)C)C(=O)N1CCC(C(=O)N[C@@H](CCC(=O)O)C(=O)O)CC1. The van der Waals surface area contributed by atoms with E-state index in [1.165, 1.54) is 0 Å². The first-order valence-corrected chi connectivity index (χ1v) is 11.3. The number of nitrogens with zero attached hydrogens (tertiary/aromatic N) is 1. The van der Waals surface area contributed by atoms with E-state index in [1.54, 1.807) is 25.7 Å². The molecule has 0 saturated carbocycles. The van der Waals surface area contributed by atoms with E-state index < -0.39 is 47.5 Å². The number of aliphatic carboxylic acids is 2. The van der Waals surface area contributed by atoms with Crippen LogP contribution in [0.3, 0.4) is 0 Å². The molecule has 3 atom stereocenters. The molecule has 11 nitrogen and oxygen atoms in total. The van der Waals surface area contributed by atoms with Crippen molar-refractivity contribution in [1.82, 2.24) is 15.5 Å². The van der Waals surface area contributed by atoms with Crippen molar-refractivity contribution in [2.75, 3.05) is 13.1 Å². The van der Waals surface area contributed by atoms with Crippen LogP contribution in [0.5, 0.6) is 0 Å². The summed E-state index contributed by atoms with van der Waals surface area (Å²) in [6.07, 6.45) is 0.0895. The van der Waals surface area contributed by atoms with Crippen LogP contribution in [0, 0.1) is 11.8 Å². The number of carboxylic acids is 2. The number of nitrogens with one attached hydrogen (secondary N) is 2. The molecule has 1 rings (SSSR count). The molecule has 4 N–H and O–H groups in total. The fourth-order valence-electron chi connectivity index (χ4n) is 3.49. The fraction of sp³-hybridized carbons (Fsp3) is 0.773. The summed E-state index contributed by atoms with van der Waals surface area (Å²) in [6, 6.07) is -2.04. The Morgan fingerprint density at radius 2 is 1.64 bits per heavy atom. The van der Waals surface area contributed by atoms with Crippen LogP contribution in [-0.2, 0) is 23.9 Å². The number of carbonyl (C=O) groups is 5. The lowest BCUT2D eigenvalue weighted by Gasteiger charge is -2.35. The molecule has 1 heterocycles. The summed E-state index contributed by atoms with van der Waals surface area (Å²) in [5.41, 5.74) is -0.697. The van der Waals surface area contributed by atoms with E-state index in [2.05, 4.69) is 10.6 Å². The summed E-state index contributed by atoms with van der Waals surface area (Å²) in [6.45, 7) is 9.56. The summed E-state index contributed by atoms with van der Waals surface area (Å²) < 4.78 is 5.28. The van der Waals surface area contributed by atoms with E-state index in [1.807, 2.05) is 13.8 Å². The first-order valence-electron chi connectivity index (χ1n) is 11.3. The second-order valence-corrected chi connectivity index (χ2v) is 9.44. The lowest BCUT2D eigenvalue weighted by molar-refractivity contribution is -0.144. The molecule has 0 spiro atoms. The quantitative estimate of drug-likeness (QED) is 0.373. The third-order valence-corrected chi connectivity index (χ3v) is 5.59. The minimum absolute atomic E-state index is 0.128. The van der Waals surface area contributed by atoms with Gasteiger partial charge in [-0.05, 0) is 46.0 Å². The standard InChI is InChI=1S/C22H37N3O8/c1-6-13(2)17(24-21(32)33-22(3,4)5)19(29)25-11-9-14(10-12-25)18(28)23-15(20(30)31)7-8-16(26)27/h13-15,17H,6-12H2,1-5H3,(H,23,28)(H,24,32)(H,26,27)(H,30,31)/t13?,15-,17-/m0/s1. The van der Waals surface area contributed by atoms with Crippen LogP contribution in [0.2, 0.25) is 0 Å². The van der Waals surface area contributed by atoms with E-state index in [9.17, 15) is 29.1 Å². The van der Waals surface area contributed by atoms with Crippen LogP contribution in [0.1, 0.15) is 66.7 Å². The number of likely N-dealkylation sites (tertiary alicyclic amines) is 1. The Morgan fingerprint density at radius 1 is 1.06 bits per heavy atom. The van der Waals surface area contributed by atoms with Gasteiger partial charge in [-0.15, -0.1) is 0 Å². The van der Waals surface area contributed by atoms with Gasteiger partial charge >= 0.3 is 18.0 Å². The zero-order valence-corrected chi connectivity index (χ0v) is 20.1. The Labute approximate surface area is 194 Å². The maximum absolute atomic E-state index is 13.1. The summed E-state index contributed by atoms with van der Waals surface area (Å²) in [5, 5.41) is 23.0. The normalized spacial score (nSPS) is 17.4. The first kappa shape index (κ1) is 28.2. The molecule has 0 aromatic carbocycles. The molecule has 11 heteroatoms. The van der Waals surface area contributed by atoms with Gasteiger partial charge in [-0.1, -0.05) is 20.3 Å². The van der Waals surface area contributed by atoms with E-state index >= 15 is 0 Å². The van der Waals surface area contributed by atoms with Crippen molar-refractivity contribution in [2.45, 2.75) is 84.4 Å². The van der Waals surface area contributed by atoms with E-state index in [0.717, 1.165) is 0 Å². The predicted molar refractivity (Wildman–Crippen MR) is 118 cm³/mol. The molecular weight excluding hydrogens is 434 g/mol. The number of rotatable bonds is 10. The maximum atomic E-state index is 13.1. The lowest BCUT2D eigenvalue weighted by Crippen LogP contribution is -2.55. The van der Waals surface area contributed by atoms with Gasteiger partial charge in [-0.2, -0.15) is 0 Å². The van der Waals surface area contributed by atoms with E-state index in [-0.39, 0.29) is 37.8 Å². The van der Waals surface area contributed by atoms with Gasteiger partial charge in [0.2, 0.25) is 11.8 Å². The zero-order chi connectivity index (χ0) is 25.3. The molecule has 33 heavy (non-hydrogen) atoms. The molecule has 1 aliphatic rings. The van der Waals surface area contributed by atoms with Crippen molar-refractivity contribution >= 4 is 29.8 Å². The molecule has 188 valence electrons. The smallest absolute Gasteiger partial charge is 0.408 e. The monoisotopic (exact) mass is 471 g/mol. The van der Waals surface area contributed by atoms with Crippen LogP contribution >= 0.6 is 0 Å². The molecule has 1 saturated heterocycles. The van der Waals surface area contributed by atoms with Crippen LogP contribution in [0.25, 0.3) is 0 Å². The van der Waals surface area contributed by atoms with Crippen molar-refractivity contribution in [3.05, 3.63) is 0 Å². The van der Waals surface area contributed by atoms with Crippen molar-refractivity contribution < 1.29 is 38.9 Å².